The Morgan fingerprint density at radius 1 is 1.00 bits per heavy atom. The highest BCUT2D eigenvalue weighted by molar-refractivity contribution is 5.78. The molecule has 1 amide bonds. The minimum Gasteiger partial charge on any atom is -0.489 e. The maximum absolute atomic E-state index is 12.3. The molecule has 2 heterocycles. The summed E-state index contributed by atoms with van der Waals surface area (Å²) in [6.45, 7) is 8.84. The van der Waals surface area contributed by atoms with Crippen LogP contribution in [0, 0.1) is 5.92 Å². The molecule has 1 aliphatic carbocycles. The number of ether oxygens (including phenoxy) is 1. The zero-order valence-corrected chi connectivity index (χ0v) is 19.9. The van der Waals surface area contributed by atoms with Gasteiger partial charge in [-0.1, -0.05) is 37.5 Å². The third-order valence-corrected chi connectivity index (χ3v) is 6.80. The molecule has 1 aliphatic heterocycles. The van der Waals surface area contributed by atoms with Gasteiger partial charge in [0.1, 0.15) is 11.9 Å². The van der Waals surface area contributed by atoms with E-state index in [2.05, 4.69) is 38.3 Å². The topological polar surface area (TPSA) is 57.7 Å². The number of benzene rings is 1. The van der Waals surface area contributed by atoms with Gasteiger partial charge in [-0.3, -0.25) is 19.6 Å². The van der Waals surface area contributed by atoms with Gasteiger partial charge in [-0.25, -0.2) is 0 Å². The Labute approximate surface area is 198 Å². The number of rotatable bonds is 9. The molecule has 1 aromatic carbocycles. The van der Waals surface area contributed by atoms with Gasteiger partial charge < -0.3 is 10.1 Å². The Morgan fingerprint density at radius 3 is 2.30 bits per heavy atom. The molecule has 6 nitrogen and oxygen atoms in total. The summed E-state index contributed by atoms with van der Waals surface area (Å²) < 4.78 is 6.03. The molecule has 1 saturated carbocycles. The summed E-state index contributed by atoms with van der Waals surface area (Å²) in [6.07, 6.45) is 9.42. The van der Waals surface area contributed by atoms with Crippen molar-refractivity contribution in [1.29, 1.82) is 0 Å². The van der Waals surface area contributed by atoms with Gasteiger partial charge >= 0.3 is 0 Å². The van der Waals surface area contributed by atoms with Crippen LogP contribution in [-0.2, 0) is 17.9 Å². The predicted molar refractivity (Wildman–Crippen MR) is 131 cm³/mol. The molecular weight excluding hydrogens is 412 g/mol. The average molecular weight is 451 g/mol. The quantitative estimate of drug-likeness (QED) is 0.629. The van der Waals surface area contributed by atoms with Crippen LogP contribution in [0.5, 0.6) is 5.75 Å². The average Bonchev–Trinajstić information content (AvgIpc) is 2.86. The van der Waals surface area contributed by atoms with E-state index >= 15 is 0 Å². The van der Waals surface area contributed by atoms with Crippen LogP contribution >= 0.6 is 0 Å². The first-order chi connectivity index (χ1) is 16.2. The highest BCUT2D eigenvalue weighted by Crippen LogP contribution is 2.23. The Kier molecular flexibility index (Phi) is 8.72. The summed E-state index contributed by atoms with van der Waals surface area (Å²) in [7, 11) is 0. The summed E-state index contributed by atoms with van der Waals surface area (Å²) >= 11 is 0. The van der Waals surface area contributed by atoms with E-state index in [4.69, 9.17) is 4.74 Å². The van der Waals surface area contributed by atoms with Gasteiger partial charge in [0.2, 0.25) is 5.91 Å². The zero-order valence-electron chi connectivity index (χ0n) is 19.9. The largest absolute Gasteiger partial charge is 0.489 e. The van der Waals surface area contributed by atoms with Crippen LogP contribution in [0.3, 0.4) is 0 Å². The van der Waals surface area contributed by atoms with Crippen molar-refractivity contribution in [3.8, 4) is 5.75 Å². The number of amides is 1. The predicted octanol–water partition coefficient (Wildman–Crippen LogP) is 3.86. The van der Waals surface area contributed by atoms with E-state index in [1.54, 1.807) is 0 Å². The van der Waals surface area contributed by atoms with Gasteiger partial charge in [0.05, 0.1) is 6.54 Å². The van der Waals surface area contributed by atoms with Gasteiger partial charge in [0, 0.05) is 57.6 Å². The molecule has 2 aromatic rings. The van der Waals surface area contributed by atoms with Gasteiger partial charge in [0.15, 0.2) is 0 Å². The Morgan fingerprint density at radius 2 is 1.67 bits per heavy atom. The number of hydrogen-bond donors (Lipinski definition) is 1. The van der Waals surface area contributed by atoms with E-state index in [0.29, 0.717) is 6.54 Å². The normalized spacial score (nSPS) is 19.2. The van der Waals surface area contributed by atoms with Crippen molar-refractivity contribution in [1.82, 2.24) is 20.1 Å². The third kappa shape index (κ3) is 7.54. The molecule has 2 fully saturated rings. The fraction of sp³-hybridized carbons (Fsp3) is 0.556. The number of piperazine rings is 1. The summed E-state index contributed by atoms with van der Waals surface area (Å²) in [5, 5.41) is 3.08. The second-order valence-electron chi connectivity index (χ2n) is 9.57. The molecular formula is C27H38N4O2. The lowest BCUT2D eigenvalue weighted by Gasteiger charge is -2.34. The van der Waals surface area contributed by atoms with Gasteiger partial charge in [-0.05, 0) is 49.1 Å². The second-order valence-corrected chi connectivity index (χ2v) is 9.57. The van der Waals surface area contributed by atoms with Crippen LogP contribution in [0.2, 0.25) is 0 Å². The summed E-state index contributed by atoms with van der Waals surface area (Å²) in [5.41, 5.74) is 2.59. The van der Waals surface area contributed by atoms with E-state index in [-0.39, 0.29) is 17.9 Å². The lowest BCUT2D eigenvalue weighted by molar-refractivity contribution is -0.126. The monoisotopic (exact) mass is 450 g/mol. The van der Waals surface area contributed by atoms with Crippen molar-refractivity contribution < 1.29 is 9.53 Å². The number of nitrogens with zero attached hydrogens (tertiary/aromatic N) is 3. The van der Waals surface area contributed by atoms with Crippen LogP contribution in [-0.4, -0.2) is 59.5 Å². The third-order valence-electron chi connectivity index (χ3n) is 6.80. The fourth-order valence-corrected chi connectivity index (χ4v) is 4.81. The molecule has 1 aromatic heterocycles. The fourth-order valence-electron chi connectivity index (χ4n) is 4.81. The highest BCUT2D eigenvalue weighted by Gasteiger charge is 2.21. The van der Waals surface area contributed by atoms with Crippen molar-refractivity contribution in [3.05, 3.63) is 59.9 Å². The second kappa shape index (κ2) is 12.1. The van der Waals surface area contributed by atoms with Gasteiger partial charge in [-0.2, -0.15) is 0 Å². The van der Waals surface area contributed by atoms with Crippen molar-refractivity contribution in [2.24, 2.45) is 5.92 Å². The number of carbonyl (C=O) groups excluding carboxylic acids is 1. The number of aromatic nitrogens is 1. The molecule has 1 atom stereocenters. The first kappa shape index (κ1) is 23.7. The molecule has 6 heteroatoms. The van der Waals surface area contributed by atoms with Gasteiger partial charge in [-0.15, -0.1) is 0 Å². The van der Waals surface area contributed by atoms with E-state index in [1.165, 1.54) is 30.4 Å². The van der Waals surface area contributed by atoms with E-state index < -0.39 is 0 Å². The number of pyridine rings is 1. The van der Waals surface area contributed by atoms with Crippen molar-refractivity contribution >= 4 is 5.91 Å². The first-order valence-electron chi connectivity index (χ1n) is 12.5. The van der Waals surface area contributed by atoms with Gasteiger partial charge in [0.25, 0.3) is 0 Å². The lowest BCUT2D eigenvalue weighted by Crippen LogP contribution is -2.45. The summed E-state index contributed by atoms with van der Waals surface area (Å²) in [4.78, 5) is 21.6. The maximum Gasteiger partial charge on any atom is 0.223 e. The Bertz CT molecular complexity index is 844. The smallest absolute Gasteiger partial charge is 0.223 e. The summed E-state index contributed by atoms with van der Waals surface area (Å²) in [5.74, 6) is 1.25. The molecule has 0 unspecified atom stereocenters. The molecule has 0 bridgehead atoms. The molecule has 178 valence electrons. The molecule has 0 radical (unpaired) electrons. The van der Waals surface area contributed by atoms with Crippen LogP contribution in [0.15, 0.2) is 48.8 Å². The van der Waals surface area contributed by atoms with Crippen LogP contribution in [0.4, 0.5) is 0 Å². The Hall–Kier alpha value is -2.44. The minimum absolute atomic E-state index is 0.0451. The van der Waals surface area contributed by atoms with Crippen molar-refractivity contribution in [2.75, 3.05) is 32.7 Å². The number of nitrogens with one attached hydrogen (secondary N) is 1. The molecule has 0 spiro atoms. The summed E-state index contributed by atoms with van der Waals surface area (Å²) in [6, 6.07) is 12.6. The van der Waals surface area contributed by atoms with E-state index in [1.807, 2.05) is 37.5 Å². The zero-order chi connectivity index (χ0) is 22.9. The van der Waals surface area contributed by atoms with Crippen LogP contribution in [0.25, 0.3) is 0 Å². The molecule has 2 aliphatic rings. The highest BCUT2D eigenvalue weighted by atomic mass is 16.5. The van der Waals surface area contributed by atoms with Crippen molar-refractivity contribution in [2.45, 2.75) is 58.2 Å². The molecule has 1 saturated heterocycles. The SMILES string of the molecule is C[C@H](CNC(=O)C1CCCCC1)Oc1ccc(CN2CCN(Cc3cccnc3)CC2)cc1. The molecule has 33 heavy (non-hydrogen) atoms. The Balaban J connectivity index is 1.15. The van der Waals surface area contributed by atoms with E-state index in [9.17, 15) is 4.79 Å². The molecule has 4 rings (SSSR count). The van der Waals surface area contributed by atoms with Crippen LogP contribution in [0.1, 0.15) is 50.2 Å². The lowest BCUT2D eigenvalue weighted by atomic mass is 9.89. The number of hydrogen-bond acceptors (Lipinski definition) is 5. The van der Waals surface area contributed by atoms with Crippen molar-refractivity contribution in [3.63, 3.8) is 0 Å². The van der Waals surface area contributed by atoms with E-state index in [0.717, 1.165) is 57.9 Å². The maximum atomic E-state index is 12.3. The number of carbonyl (C=O) groups is 1. The standard InChI is InChI=1S/C27H38N4O2/c1-22(18-29-27(32)25-7-3-2-4-8-25)33-26-11-9-23(10-12-26)20-30-14-16-31(17-15-30)21-24-6-5-13-28-19-24/h5-6,9-13,19,22,25H,2-4,7-8,14-18,20-21H2,1H3,(H,29,32)/t22-/m1/s1. The van der Waals surface area contributed by atoms with Crippen LogP contribution < -0.4 is 10.1 Å². The minimum atomic E-state index is -0.0451. The first-order valence-corrected chi connectivity index (χ1v) is 12.5. The molecule has 1 N–H and O–H groups in total.